The number of hydrogen-bond donors (Lipinski definition) is 1. The second-order valence-corrected chi connectivity index (χ2v) is 13.1. The highest BCUT2D eigenvalue weighted by atomic mass is 16.5. The molecule has 0 bridgehead atoms. The van der Waals surface area contributed by atoms with Crippen molar-refractivity contribution in [2.45, 2.75) is 0 Å². The van der Waals surface area contributed by atoms with E-state index < -0.39 is 0 Å². The molecule has 6 nitrogen and oxygen atoms in total. The number of ether oxygens (including phenoxy) is 1. The van der Waals surface area contributed by atoms with Crippen molar-refractivity contribution in [3.63, 3.8) is 0 Å². The van der Waals surface area contributed by atoms with Gasteiger partial charge in [0, 0.05) is 28.8 Å². The van der Waals surface area contributed by atoms with E-state index in [0.717, 1.165) is 73.0 Å². The van der Waals surface area contributed by atoms with E-state index in [-0.39, 0.29) is 5.96 Å². The minimum atomic E-state index is 0.0298. The molecule has 55 heavy (non-hydrogen) atoms. The summed E-state index contributed by atoms with van der Waals surface area (Å²) in [6.07, 6.45) is 1.79. The van der Waals surface area contributed by atoms with Gasteiger partial charge in [-0.1, -0.05) is 140 Å². The van der Waals surface area contributed by atoms with Gasteiger partial charge in [-0.2, -0.15) is 4.99 Å². The fourth-order valence-corrected chi connectivity index (χ4v) is 6.90. The van der Waals surface area contributed by atoms with Crippen LogP contribution in [0, 0.1) is 5.41 Å². The summed E-state index contributed by atoms with van der Waals surface area (Å²) in [5.74, 6) is 2.05. The summed E-state index contributed by atoms with van der Waals surface area (Å²) in [7, 11) is 0. The number of benzene rings is 8. The number of nitrogens with zero attached hydrogens (tertiary/aromatic N) is 4. The average Bonchev–Trinajstić information content (AvgIpc) is 3.25. The lowest BCUT2D eigenvalue weighted by molar-refractivity contribution is 0.477. The van der Waals surface area contributed by atoms with Crippen LogP contribution in [0.5, 0.6) is 11.5 Å². The summed E-state index contributed by atoms with van der Waals surface area (Å²) in [4.78, 5) is 13.9. The fourth-order valence-electron chi connectivity index (χ4n) is 6.90. The largest absolute Gasteiger partial charge is 0.453 e. The zero-order valence-electron chi connectivity index (χ0n) is 29.8. The molecule has 0 fully saturated rings. The first kappa shape index (κ1) is 33.3. The molecule has 0 saturated heterocycles. The van der Waals surface area contributed by atoms with Crippen LogP contribution >= 0.6 is 0 Å². The molecule has 1 aliphatic heterocycles. The van der Waals surface area contributed by atoms with Gasteiger partial charge in [0.2, 0.25) is 5.96 Å². The molecule has 1 N–H and O–H groups in total. The highest BCUT2D eigenvalue weighted by Crippen LogP contribution is 2.51. The Bertz CT molecular complexity index is 2710. The van der Waals surface area contributed by atoms with Gasteiger partial charge in [-0.3, -0.25) is 10.3 Å². The van der Waals surface area contributed by atoms with Crippen LogP contribution in [0.1, 0.15) is 11.1 Å². The Labute approximate surface area is 320 Å². The van der Waals surface area contributed by atoms with Crippen LogP contribution in [0.25, 0.3) is 21.9 Å². The topological polar surface area (TPSA) is 64.3 Å². The van der Waals surface area contributed by atoms with Gasteiger partial charge < -0.3 is 9.64 Å². The lowest BCUT2D eigenvalue weighted by atomic mass is 10.0. The Hall–Kier alpha value is -7.57. The molecule has 0 spiro atoms. The maximum Gasteiger partial charge on any atom is 0.229 e. The Kier molecular flexibility index (Phi) is 8.96. The molecule has 0 radical (unpaired) electrons. The van der Waals surface area contributed by atoms with Crippen molar-refractivity contribution >= 4 is 57.2 Å². The molecule has 0 atom stereocenters. The fraction of sp³-hybridized carbons (Fsp3) is 0. The summed E-state index contributed by atoms with van der Waals surface area (Å²) in [6.45, 7) is 0. The molecule has 8 aromatic rings. The molecule has 6 heteroatoms. The van der Waals surface area contributed by atoms with Gasteiger partial charge in [0.05, 0.1) is 11.4 Å². The SMILES string of the molecule is N=C(N=C(N=Cc1ccccc1)c1ccccc1)N(c1cccc(-c2ccc3c(c2)N(c2ccccc2)c2ccccc2O3)c1)c1ccc2ccccc2c1. The maximum atomic E-state index is 9.62. The third-order valence-electron chi connectivity index (χ3n) is 9.56. The molecule has 0 amide bonds. The number of aliphatic imine (C=N–C) groups is 2. The number of anilines is 5. The van der Waals surface area contributed by atoms with Gasteiger partial charge >= 0.3 is 0 Å². The van der Waals surface area contributed by atoms with Gasteiger partial charge in [0.15, 0.2) is 17.3 Å². The van der Waals surface area contributed by atoms with E-state index in [4.69, 9.17) is 14.7 Å². The van der Waals surface area contributed by atoms with Gasteiger partial charge in [-0.05, 0) is 88.1 Å². The van der Waals surface area contributed by atoms with Gasteiger partial charge in [0.25, 0.3) is 0 Å². The van der Waals surface area contributed by atoms with E-state index in [2.05, 4.69) is 83.8 Å². The van der Waals surface area contributed by atoms with E-state index in [1.165, 1.54) is 0 Å². The molecule has 8 aromatic carbocycles. The zero-order valence-corrected chi connectivity index (χ0v) is 29.8. The number of hydrogen-bond acceptors (Lipinski definition) is 3. The predicted molar refractivity (Wildman–Crippen MR) is 227 cm³/mol. The minimum Gasteiger partial charge on any atom is -0.453 e. The molecule has 9 rings (SSSR count). The van der Waals surface area contributed by atoms with Gasteiger partial charge in [0.1, 0.15) is 0 Å². The number of guanidine groups is 1. The van der Waals surface area contributed by atoms with Gasteiger partial charge in [-0.25, -0.2) is 4.99 Å². The molecule has 0 saturated carbocycles. The monoisotopic (exact) mass is 709 g/mol. The van der Waals surface area contributed by atoms with Crippen molar-refractivity contribution in [2.75, 3.05) is 9.80 Å². The number of amidine groups is 1. The molecule has 0 aliphatic carbocycles. The molecule has 262 valence electrons. The number of rotatable bonds is 6. The number of nitrogens with one attached hydrogen (secondary N) is 1. The van der Waals surface area contributed by atoms with Crippen molar-refractivity contribution in [3.05, 3.63) is 211 Å². The second-order valence-electron chi connectivity index (χ2n) is 13.1. The highest BCUT2D eigenvalue weighted by Gasteiger charge is 2.26. The third kappa shape index (κ3) is 6.88. The summed E-state index contributed by atoms with van der Waals surface area (Å²) < 4.78 is 6.42. The van der Waals surface area contributed by atoms with E-state index in [1.54, 1.807) is 6.21 Å². The number of para-hydroxylation sites is 3. The third-order valence-corrected chi connectivity index (χ3v) is 9.56. The first-order valence-corrected chi connectivity index (χ1v) is 18.2. The van der Waals surface area contributed by atoms with Crippen LogP contribution < -0.4 is 14.5 Å². The Morgan fingerprint density at radius 1 is 0.527 bits per heavy atom. The quantitative estimate of drug-likeness (QED) is 0.138. The Morgan fingerprint density at radius 2 is 1.18 bits per heavy atom. The summed E-state index contributed by atoms with van der Waals surface area (Å²) in [5.41, 5.74) is 8.33. The van der Waals surface area contributed by atoms with Crippen LogP contribution in [-0.2, 0) is 0 Å². The lowest BCUT2D eigenvalue weighted by Gasteiger charge is -2.33. The molecule has 0 unspecified atom stereocenters. The first-order valence-electron chi connectivity index (χ1n) is 18.2. The summed E-state index contributed by atoms with van der Waals surface area (Å²) in [6, 6.07) is 67.2. The van der Waals surface area contributed by atoms with Crippen LogP contribution in [0.4, 0.5) is 28.4 Å². The van der Waals surface area contributed by atoms with Crippen LogP contribution in [-0.4, -0.2) is 18.0 Å². The van der Waals surface area contributed by atoms with Crippen LogP contribution in [0.3, 0.4) is 0 Å². The highest BCUT2D eigenvalue weighted by molar-refractivity contribution is 6.14. The van der Waals surface area contributed by atoms with Crippen molar-refractivity contribution in [3.8, 4) is 22.6 Å². The summed E-state index contributed by atoms with van der Waals surface area (Å²) >= 11 is 0. The zero-order chi connectivity index (χ0) is 37.0. The van der Waals surface area contributed by atoms with Crippen LogP contribution in [0.15, 0.2) is 210 Å². The Balaban J connectivity index is 1.15. The van der Waals surface area contributed by atoms with E-state index >= 15 is 0 Å². The van der Waals surface area contributed by atoms with E-state index in [1.807, 2.05) is 126 Å². The first-order chi connectivity index (χ1) is 27.2. The molecular formula is C49H35N5O. The Morgan fingerprint density at radius 3 is 2.00 bits per heavy atom. The van der Waals surface area contributed by atoms with E-state index in [9.17, 15) is 5.41 Å². The normalized spacial score (nSPS) is 12.2. The van der Waals surface area contributed by atoms with Crippen molar-refractivity contribution in [1.29, 1.82) is 5.41 Å². The molecule has 0 aromatic heterocycles. The standard InChI is InChI=1S/C49H35N5O/c50-49(52-48(37-18-6-2-7-19-37)51-34-35-15-4-1-5-16-35)53(43-29-27-36-17-10-11-20-38(36)31-43)42-24-14-21-39(32-42)40-28-30-47-45(33-40)54(41-22-8-3-9-23-41)44-25-12-13-26-46(44)55-47/h1-34,50H. The van der Waals surface area contributed by atoms with E-state index in [0.29, 0.717) is 5.84 Å². The van der Waals surface area contributed by atoms with Crippen molar-refractivity contribution in [2.24, 2.45) is 9.98 Å². The maximum absolute atomic E-state index is 9.62. The number of fused-ring (bicyclic) bond motifs is 3. The lowest BCUT2D eigenvalue weighted by Crippen LogP contribution is -2.24. The van der Waals surface area contributed by atoms with Crippen molar-refractivity contribution < 1.29 is 4.74 Å². The molecule has 1 aliphatic rings. The van der Waals surface area contributed by atoms with Gasteiger partial charge in [-0.15, -0.1) is 0 Å². The molecular weight excluding hydrogens is 675 g/mol. The summed E-state index contributed by atoms with van der Waals surface area (Å²) in [5, 5.41) is 11.8. The average molecular weight is 710 g/mol. The predicted octanol–water partition coefficient (Wildman–Crippen LogP) is 12.7. The smallest absolute Gasteiger partial charge is 0.229 e. The minimum absolute atomic E-state index is 0.0298. The van der Waals surface area contributed by atoms with Crippen LogP contribution in [0.2, 0.25) is 0 Å². The molecule has 1 heterocycles. The van der Waals surface area contributed by atoms with Crippen molar-refractivity contribution in [1.82, 2.24) is 0 Å². The second kappa shape index (κ2) is 14.8.